The Kier molecular flexibility index (Phi) is 3.53. The molecular formula is C12H7ClF2N2O. The van der Waals surface area contributed by atoms with Crippen molar-refractivity contribution in [2.75, 3.05) is 5.32 Å². The van der Waals surface area contributed by atoms with E-state index >= 15 is 0 Å². The maximum atomic E-state index is 13.7. The van der Waals surface area contributed by atoms with Crippen molar-refractivity contribution in [3.8, 4) is 0 Å². The summed E-state index contributed by atoms with van der Waals surface area (Å²) in [6.07, 6.45) is 2.59. The highest BCUT2D eigenvalue weighted by Crippen LogP contribution is 2.24. The fourth-order valence-electron chi connectivity index (χ4n) is 1.37. The van der Waals surface area contributed by atoms with Gasteiger partial charge in [-0.25, -0.2) is 8.78 Å². The van der Waals surface area contributed by atoms with Gasteiger partial charge in [-0.2, -0.15) is 0 Å². The molecule has 0 radical (unpaired) electrons. The van der Waals surface area contributed by atoms with Gasteiger partial charge in [0.15, 0.2) is 12.1 Å². The number of rotatable bonds is 3. The average Bonchev–Trinajstić information content (AvgIpc) is 2.35. The second-order valence-corrected chi connectivity index (χ2v) is 3.89. The molecule has 0 bridgehead atoms. The molecule has 0 saturated carbocycles. The van der Waals surface area contributed by atoms with Gasteiger partial charge in [-0.1, -0.05) is 11.6 Å². The predicted molar refractivity (Wildman–Crippen MR) is 64.3 cm³/mol. The van der Waals surface area contributed by atoms with Crippen LogP contribution in [0.4, 0.5) is 20.2 Å². The minimum absolute atomic E-state index is 0.0446. The fourth-order valence-corrected chi connectivity index (χ4v) is 1.52. The van der Waals surface area contributed by atoms with Crippen molar-refractivity contribution in [2.24, 2.45) is 0 Å². The summed E-state index contributed by atoms with van der Waals surface area (Å²) >= 11 is 5.60. The zero-order chi connectivity index (χ0) is 13.1. The van der Waals surface area contributed by atoms with E-state index < -0.39 is 11.6 Å². The van der Waals surface area contributed by atoms with Gasteiger partial charge >= 0.3 is 0 Å². The molecule has 6 heteroatoms. The minimum Gasteiger partial charge on any atom is -0.349 e. The molecule has 2 aromatic rings. The lowest BCUT2D eigenvalue weighted by molar-refractivity contribution is 0.111. The number of aromatic nitrogens is 1. The summed E-state index contributed by atoms with van der Waals surface area (Å²) in [5.41, 5.74) is -0.238. The van der Waals surface area contributed by atoms with Gasteiger partial charge in [-0.05, 0) is 18.2 Å². The van der Waals surface area contributed by atoms with Gasteiger partial charge in [0.05, 0.1) is 23.1 Å². The highest BCUT2D eigenvalue weighted by Gasteiger charge is 2.10. The lowest BCUT2D eigenvalue weighted by Gasteiger charge is -2.09. The predicted octanol–water partition coefficient (Wildman–Crippen LogP) is 3.57. The van der Waals surface area contributed by atoms with E-state index in [1.54, 1.807) is 0 Å². The van der Waals surface area contributed by atoms with Crippen LogP contribution in [0.25, 0.3) is 0 Å². The normalized spacial score (nSPS) is 10.2. The van der Waals surface area contributed by atoms with Crippen LogP contribution >= 0.6 is 11.6 Å². The van der Waals surface area contributed by atoms with E-state index in [0.717, 1.165) is 18.5 Å². The highest BCUT2D eigenvalue weighted by molar-refractivity contribution is 6.30. The topological polar surface area (TPSA) is 42.0 Å². The van der Waals surface area contributed by atoms with Crippen LogP contribution in [0.1, 0.15) is 10.4 Å². The Morgan fingerprint density at radius 2 is 2.00 bits per heavy atom. The molecule has 0 aliphatic heterocycles. The molecule has 2 rings (SSSR count). The van der Waals surface area contributed by atoms with Gasteiger partial charge in [-0.15, -0.1) is 0 Å². The number of aldehydes is 1. The standard InChI is InChI=1S/C12H7ClF2N2O/c13-8-1-2-10(9(14)3-8)17-11-5-16-4-7(6-18)12(11)15/h1-6,17H. The maximum Gasteiger partial charge on any atom is 0.160 e. The van der Waals surface area contributed by atoms with Crippen molar-refractivity contribution in [3.63, 3.8) is 0 Å². The summed E-state index contributed by atoms with van der Waals surface area (Å²) in [6, 6.07) is 3.92. The van der Waals surface area contributed by atoms with Crippen LogP contribution < -0.4 is 5.32 Å². The van der Waals surface area contributed by atoms with E-state index in [4.69, 9.17) is 11.6 Å². The molecule has 92 valence electrons. The molecule has 0 amide bonds. The molecule has 1 N–H and O–H groups in total. The second kappa shape index (κ2) is 5.10. The van der Waals surface area contributed by atoms with Crippen LogP contribution in [-0.4, -0.2) is 11.3 Å². The molecule has 18 heavy (non-hydrogen) atoms. The SMILES string of the molecule is O=Cc1cncc(Nc2ccc(Cl)cc2F)c1F. The molecule has 0 saturated heterocycles. The Labute approximate surface area is 106 Å². The Morgan fingerprint density at radius 1 is 1.22 bits per heavy atom. The Balaban J connectivity index is 2.37. The van der Waals surface area contributed by atoms with E-state index in [2.05, 4.69) is 10.3 Å². The lowest BCUT2D eigenvalue weighted by Crippen LogP contribution is -2.00. The van der Waals surface area contributed by atoms with Gasteiger partial charge in [-0.3, -0.25) is 9.78 Å². The molecule has 3 nitrogen and oxygen atoms in total. The molecule has 0 unspecified atom stereocenters. The monoisotopic (exact) mass is 268 g/mol. The van der Waals surface area contributed by atoms with Gasteiger partial charge < -0.3 is 5.32 Å². The third kappa shape index (κ3) is 2.46. The summed E-state index contributed by atoms with van der Waals surface area (Å²) in [4.78, 5) is 14.2. The number of nitrogens with zero attached hydrogens (tertiary/aromatic N) is 1. The number of anilines is 2. The van der Waals surface area contributed by atoms with E-state index in [1.807, 2.05) is 0 Å². The van der Waals surface area contributed by atoms with E-state index in [0.29, 0.717) is 6.29 Å². The minimum atomic E-state index is -0.783. The Bertz CT molecular complexity index is 605. The van der Waals surface area contributed by atoms with Crippen molar-refractivity contribution in [1.82, 2.24) is 4.98 Å². The molecule has 0 atom stereocenters. The largest absolute Gasteiger partial charge is 0.349 e. The first-order chi connectivity index (χ1) is 8.61. The Morgan fingerprint density at radius 3 is 2.67 bits per heavy atom. The lowest BCUT2D eigenvalue weighted by atomic mass is 10.2. The number of carbonyl (C=O) groups excluding carboxylic acids is 1. The molecule has 0 fully saturated rings. The third-order valence-corrected chi connectivity index (χ3v) is 2.47. The Hall–Kier alpha value is -2.01. The number of hydrogen-bond donors (Lipinski definition) is 1. The van der Waals surface area contributed by atoms with Crippen LogP contribution in [0.3, 0.4) is 0 Å². The van der Waals surface area contributed by atoms with Crippen LogP contribution in [0, 0.1) is 11.6 Å². The fraction of sp³-hybridized carbons (Fsp3) is 0. The smallest absolute Gasteiger partial charge is 0.160 e. The molecule has 0 aliphatic rings. The molecule has 0 spiro atoms. The van der Waals surface area contributed by atoms with E-state index in [-0.39, 0.29) is 22.0 Å². The summed E-state index contributed by atoms with van der Waals surface area (Å²) in [7, 11) is 0. The van der Waals surface area contributed by atoms with E-state index in [9.17, 15) is 13.6 Å². The number of hydrogen-bond acceptors (Lipinski definition) is 3. The maximum absolute atomic E-state index is 13.7. The first-order valence-corrected chi connectivity index (χ1v) is 5.30. The van der Waals surface area contributed by atoms with Crippen molar-refractivity contribution in [1.29, 1.82) is 0 Å². The van der Waals surface area contributed by atoms with E-state index in [1.165, 1.54) is 12.1 Å². The average molecular weight is 269 g/mol. The number of nitrogens with one attached hydrogen (secondary N) is 1. The molecule has 0 aliphatic carbocycles. The van der Waals surface area contributed by atoms with Crippen LogP contribution in [0.15, 0.2) is 30.6 Å². The number of benzene rings is 1. The summed E-state index contributed by atoms with van der Waals surface area (Å²) in [6.45, 7) is 0. The van der Waals surface area contributed by atoms with Crippen LogP contribution in [0.5, 0.6) is 0 Å². The number of halogens is 3. The van der Waals surface area contributed by atoms with Gasteiger partial charge in [0.25, 0.3) is 0 Å². The molecule has 1 heterocycles. The second-order valence-electron chi connectivity index (χ2n) is 3.46. The highest BCUT2D eigenvalue weighted by atomic mass is 35.5. The summed E-state index contributed by atoms with van der Waals surface area (Å²) in [5.74, 6) is -1.41. The molecule has 1 aromatic carbocycles. The van der Waals surface area contributed by atoms with Crippen LogP contribution in [-0.2, 0) is 0 Å². The zero-order valence-corrected chi connectivity index (χ0v) is 9.71. The van der Waals surface area contributed by atoms with Crippen molar-refractivity contribution in [2.45, 2.75) is 0 Å². The van der Waals surface area contributed by atoms with Gasteiger partial charge in [0, 0.05) is 11.2 Å². The zero-order valence-electron chi connectivity index (χ0n) is 8.95. The first kappa shape index (κ1) is 12.4. The number of carbonyl (C=O) groups is 1. The summed E-state index contributed by atoms with van der Waals surface area (Å²) in [5, 5.41) is 2.75. The van der Waals surface area contributed by atoms with Crippen molar-refractivity contribution < 1.29 is 13.6 Å². The third-order valence-electron chi connectivity index (χ3n) is 2.23. The van der Waals surface area contributed by atoms with Gasteiger partial charge in [0.2, 0.25) is 0 Å². The summed E-state index contributed by atoms with van der Waals surface area (Å²) < 4.78 is 27.2. The number of pyridine rings is 1. The van der Waals surface area contributed by atoms with Crippen molar-refractivity contribution >= 4 is 29.3 Å². The van der Waals surface area contributed by atoms with Crippen molar-refractivity contribution in [3.05, 3.63) is 52.8 Å². The molecule has 1 aromatic heterocycles. The first-order valence-electron chi connectivity index (χ1n) is 4.92. The van der Waals surface area contributed by atoms with Crippen LogP contribution in [0.2, 0.25) is 5.02 Å². The van der Waals surface area contributed by atoms with Gasteiger partial charge in [0.1, 0.15) is 5.82 Å². The molecular weight excluding hydrogens is 262 g/mol. The quantitative estimate of drug-likeness (QED) is 0.866.